The Morgan fingerprint density at radius 2 is 1.94 bits per heavy atom. The number of carbonyl (C=O) groups is 1. The third kappa shape index (κ3) is 3.04. The molecule has 4 nitrogen and oxygen atoms in total. The van der Waals surface area contributed by atoms with Crippen LogP contribution >= 0.6 is 0 Å². The van der Waals surface area contributed by atoms with Crippen molar-refractivity contribution in [1.82, 2.24) is 0 Å². The first-order valence-electron chi connectivity index (χ1n) is 5.04. The lowest BCUT2D eigenvalue weighted by molar-refractivity contribution is -0.140. The maximum absolute atomic E-state index is 13.0. The molecule has 1 aromatic rings. The molecule has 1 unspecified atom stereocenters. The third-order valence-electron chi connectivity index (χ3n) is 2.43. The Balaban J connectivity index is 3.05. The molecule has 0 aromatic heterocycles. The number of hydrogen-bond acceptors (Lipinski definition) is 4. The molecular formula is C11H12F2O4S. The molecule has 7 heteroatoms. The number of benzene rings is 1. The molecule has 0 bridgehead atoms. The summed E-state index contributed by atoms with van der Waals surface area (Å²) in [5, 5.41) is -1.07. The topological polar surface area (TPSA) is 60.4 Å². The average molecular weight is 278 g/mol. The van der Waals surface area contributed by atoms with Crippen molar-refractivity contribution in [3.63, 3.8) is 0 Å². The summed E-state index contributed by atoms with van der Waals surface area (Å²) in [6.45, 7) is 1.30. The molecule has 1 rings (SSSR count). The second kappa shape index (κ2) is 5.43. The highest BCUT2D eigenvalue weighted by molar-refractivity contribution is 7.92. The van der Waals surface area contributed by atoms with Crippen LogP contribution in [0, 0.1) is 11.6 Å². The maximum Gasteiger partial charge on any atom is 0.306 e. The van der Waals surface area contributed by atoms with E-state index in [0.29, 0.717) is 6.07 Å². The highest BCUT2D eigenvalue weighted by Crippen LogP contribution is 2.20. The van der Waals surface area contributed by atoms with Gasteiger partial charge in [-0.25, -0.2) is 17.2 Å². The van der Waals surface area contributed by atoms with Gasteiger partial charge in [-0.3, -0.25) is 4.79 Å². The van der Waals surface area contributed by atoms with Crippen molar-refractivity contribution in [1.29, 1.82) is 0 Å². The smallest absolute Gasteiger partial charge is 0.306 e. The van der Waals surface area contributed by atoms with Gasteiger partial charge >= 0.3 is 5.97 Å². The number of carbonyl (C=O) groups excluding carboxylic acids is 1. The van der Waals surface area contributed by atoms with Gasteiger partial charge in [0.25, 0.3) is 0 Å². The minimum Gasteiger partial charge on any atom is -0.469 e. The van der Waals surface area contributed by atoms with Crippen molar-refractivity contribution in [2.45, 2.75) is 23.5 Å². The van der Waals surface area contributed by atoms with Crippen LogP contribution in [0.25, 0.3) is 0 Å². The fraction of sp³-hybridized carbons (Fsp3) is 0.364. The van der Waals surface area contributed by atoms with Crippen LogP contribution in [0.3, 0.4) is 0 Å². The normalized spacial score (nSPS) is 13.1. The summed E-state index contributed by atoms with van der Waals surface area (Å²) in [7, 11) is -2.75. The van der Waals surface area contributed by atoms with Crippen molar-refractivity contribution < 1.29 is 26.7 Å². The van der Waals surface area contributed by atoms with E-state index in [9.17, 15) is 22.0 Å². The van der Waals surface area contributed by atoms with Gasteiger partial charge in [0.1, 0.15) is 0 Å². The van der Waals surface area contributed by atoms with Gasteiger partial charge in [-0.1, -0.05) is 0 Å². The van der Waals surface area contributed by atoms with Crippen LogP contribution in [0.15, 0.2) is 23.1 Å². The summed E-state index contributed by atoms with van der Waals surface area (Å²) >= 11 is 0. The highest BCUT2D eigenvalue weighted by atomic mass is 32.2. The number of sulfone groups is 1. The zero-order chi connectivity index (χ0) is 13.9. The quantitative estimate of drug-likeness (QED) is 0.621. The van der Waals surface area contributed by atoms with Crippen molar-refractivity contribution in [3.8, 4) is 0 Å². The molecule has 0 fully saturated rings. The predicted octanol–water partition coefficient (Wildman–Crippen LogP) is 1.69. The Bertz CT molecular complexity index is 554. The van der Waals surface area contributed by atoms with Crippen LogP contribution in [0.2, 0.25) is 0 Å². The first kappa shape index (κ1) is 14.6. The molecule has 0 saturated heterocycles. The molecule has 1 atom stereocenters. The van der Waals surface area contributed by atoms with Crippen LogP contribution in [0.1, 0.15) is 13.3 Å². The van der Waals surface area contributed by atoms with Gasteiger partial charge in [0, 0.05) is 0 Å². The van der Waals surface area contributed by atoms with Crippen LogP contribution < -0.4 is 0 Å². The first-order valence-corrected chi connectivity index (χ1v) is 6.59. The van der Waals surface area contributed by atoms with E-state index in [1.807, 2.05) is 0 Å². The van der Waals surface area contributed by atoms with E-state index < -0.39 is 32.7 Å². The van der Waals surface area contributed by atoms with Gasteiger partial charge in [0.05, 0.1) is 23.7 Å². The maximum atomic E-state index is 13.0. The molecule has 0 aliphatic carbocycles. The van der Waals surface area contributed by atoms with Gasteiger partial charge in [0.15, 0.2) is 21.5 Å². The molecule has 0 saturated carbocycles. The fourth-order valence-corrected chi connectivity index (χ4v) is 2.66. The van der Waals surface area contributed by atoms with Crippen molar-refractivity contribution in [2.75, 3.05) is 7.11 Å². The molecule has 100 valence electrons. The lowest BCUT2D eigenvalue weighted by atomic mass is 10.3. The summed E-state index contributed by atoms with van der Waals surface area (Å²) in [5.74, 6) is -3.07. The monoisotopic (exact) mass is 278 g/mol. The molecule has 0 spiro atoms. The Morgan fingerprint density at radius 1 is 1.33 bits per heavy atom. The van der Waals surface area contributed by atoms with E-state index in [1.165, 1.54) is 6.92 Å². The molecule has 0 radical (unpaired) electrons. The van der Waals surface area contributed by atoms with Crippen molar-refractivity contribution >= 4 is 15.8 Å². The molecule has 0 aliphatic rings. The second-order valence-corrected chi connectivity index (χ2v) is 6.08. The summed E-state index contributed by atoms with van der Waals surface area (Å²) in [6.07, 6.45) is -0.349. The number of halogens is 2. The Hall–Kier alpha value is -1.50. The Morgan fingerprint density at radius 3 is 2.44 bits per heavy atom. The summed E-state index contributed by atoms with van der Waals surface area (Å²) in [5.41, 5.74) is 0. The number of ether oxygens (including phenoxy) is 1. The molecule has 0 N–H and O–H groups in total. The zero-order valence-electron chi connectivity index (χ0n) is 9.81. The van der Waals surface area contributed by atoms with Crippen molar-refractivity contribution in [2.24, 2.45) is 0 Å². The molecular weight excluding hydrogens is 266 g/mol. The van der Waals surface area contributed by atoms with Gasteiger partial charge in [-0.2, -0.15) is 0 Å². The summed E-state index contributed by atoms with van der Waals surface area (Å²) in [4.78, 5) is 10.6. The molecule has 18 heavy (non-hydrogen) atoms. The van der Waals surface area contributed by atoms with Gasteiger partial charge in [-0.05, 0) is 25.1 Å². The van der Waals surface area contributed by atoms with E-state index in [4.69, 9.17) is 0 Å². The zero-order valence-corrected chi connectivity index (χ0v) is 10.6. The fourth-order valence-electron chi connectivity index (χ4n) is 1.31. The number of rotatable bonds is 4. The van der Waals surface area contributed by atoms with Gasteiger partial charge < -0.3 is 4.74 Å². The number of methoxy groups -OCH3 is 1. The molecule has 0 amide bonds. The average Bonchev–Trinajstić information content (AvgIpc) is 2.32. The standard InChI is InChI=1S/C11H12F2O4S/c1-7(5-11(14)17-2)18(15,16)8-3-4-9(12)10(13)6-8/h3-4,6-7H,5H2,1-2H3. The lowest BCUT2D eigenvalue weighted by Crippen LogP contribution is -2.22. The van der Waals surface area contributed by atoms with E-state index in [1.54, 1.807) is 0 Å². The van der Waals surface area contributed by atoms with E-state index in [0.717, 1.165) is 19.2 Å². The predicted molar refractivity (Wildman–Crippen MR) is 59.6 cm³/mol. The van der Waals surface area contributed by atoms with Crippen LogP contribution in [-0.4, -0.2) is 26.7 Å². The van der Waals surface area contributed by atoms with Crippen LogP contribution in [0.5, 0.6) is 0 Å². The van der Waals surface area contributed by atoms with E-state index >= 15 is 0 Å². The molecule has 1 aromatic carbocycles. The minimum atomic E-state index is -3.89. The minimum absolute atomic E-state index is 0.349. The van der Waals surface area contributed by atoms with E-state index in [2.05, 4.69) is 4.74 Å². The summed E-state index contributed by atoms with van der Waals surface area (Å²) in [6, 6.07) is 2.28. The highest BCUT2D eigenvalue weighted by Gasteiger charge is 2.26. The van der Waals surface area contributed by atoms with Crippen LogP contribution in [0.4, 0.5) is 8.78 Å². The first-order chi connectivity index (χ1) is 8.28. The Labute approximate surface area is 103 Å². The third-order valence-corrected chi connectivity index (χ3v) is 4.57. The van der Waals surface area contributed by atoms with Gasteiger partial charge in [-0.15, -0.1) is 0 Å². The summed E-state index contributed by atoms with van der Waals surface area (Å²) < 4.78 is 53.9. The van der Waals surface area contributed by atoms with Crippen LogP contribution in [-0.2, 0) is 19.4 Å². The van der Waals surface area contributed by atoms with Gasteiger partial charge in [0.2, 0.25) is 0 Å². The second-order valence-electron chi connectivity index (χ2n) is 3.71. The lowest BCUT2D eigenvalue weighted by Gasteiger charge is -2.11. The SMILES string of the molecule is COC(=O)CC(C)S(=O)(=O)c1ccc(F)c(F)c1. The molecule has 0 aliphatic heterocycles. The van der Waals surface area contributed by atoms with Crippen molar-refractivity contribution in [3.05, 3.63) is 29.8 Å². The number of esters is 1. The molecule has 0 heterocycles. The largest absolute Gasteiger partial charge is 0.469 e. The Kier molecular flexibility index (Phi) is 4.39. The van der Waals surface area contributed by atoms with E-state index in [-0.39, 0.29) is 11.3 Å². The number of hydrogen-bond donors (Lipinski definition) is 0.